The molecule has 0 bridgehead atoms. The van der Waals surface area contributed by atoms with E-state index in [4.69, 9.17) is 0 Å². The Morgan fingerprint density at radius 1 is 1.14 bits per heavy atom. The van der Waals surface area contributed by atoms with Crippen molar-refractivity contribution in [3.63, 3.8) is 0 Å². The van der Waals surface area contributed by atoms with Crippen molar-refractivity contribution in [2.24, 2.45) is 4.99 Å². The van der Waals surface area contributed by atoms with Gasteiger partial charge in [0.25, 0.3) is 0 Å². The highest BCUT2D eigenvalue weighted by molar-refractivity contribution is 5.79. The van der Waals surface area contributed by atoms with Crippen molar-refractivity contribution in [2.45, 2.75) is 51.7 Å². The molecule has 1 rings (SSSR count). The first-order valence-electron chi connectivity index (χ1n) is 8.16. The maximum absolute atomic E-state index is 12.7. The van der Waals surface area contributed by atoms with Crippen molar-refractivity contribution in [3.05, 3.63) is 0 Å². The molecule has 0 radical (unpaired) electrons. The van der Waals surface area contributed by atoms with E-state index < -0.39 is 12.2 Å². The number of halogens is 3. The molecule has 1 unspecified atom stereocenters. The van der Waals surface area contributed by atoms with Gasteiger partial charge in [-0.1, -0.05) is 26.2 Å². The third-order valence-electron chi connectivity index (χ3n) is 4.16. The number of piperazine rings is 1. The monoisotopic (exact) mass is 322 g/mol. The average molecular weight is 322 g/mol. The van der Waals surface area contributed by atoms with E-state index in [-0.39, 0.29) is 0 Å². The molecule has 1 N–H and O–H groups in total. The van der Waals surface area contributed by atoms with Gasteiger partial charge in [0.15, 0.2) is 5.96 Å². The van der Waals surface area contributed by atoms with Gasteiger partial charge in [-0.15, -0.1) is 0 Å². The minimum atomic E-state index is -4.15. The highest BCUT2D eigenvalue weighted by Gasteiger charge is 2.40. The van der Waals surface area contributed by atoms with Crippen LogP contribution in [-0.2, 0) is 0 Å². The maximum Gasteiger partial charge on any atom is 0.403 e. The molecule has 0 aromatic rings. The number of hydrogen-bond donors (Lipinski definition) is 1. The van der Waals surface area contributed by atoms with Crippen molar-refractivity contribution >= 4 is 5.96 Å². The van der Waals surface area contributed by atoms with E-state index in [0.29, 0.717) is 26.2 Å². The SMILES string of the molecule is CCCCCCNC(=NC)N1CCN(C(C)C(F)(F)F)CC1. The second-order valence-electron chi connectivity index (χ2n) is 5.78. The van der Waals surface area contributed by atoms with Crippen LogP contribution in [0.2, 0.25) is 0 Å². The van der Waals surface area contributed by atoms with E-state index in [1.165, 1.54) is 31.1 Å². The molecule has 1 aliphatic rings. The minimum Gasteiger partial charge on any atom is -0.356 e. The topological polar surface area (TPSA) is 30.9 Å². The Bertz CT molecular complexity index is 336. The number of unbranched alkanes of at least 4 members (excludes halogenated alkanes) is 3. The molecule has 1 fully saturated rings. The zero-order valence-electron chi connectivity index (χ0n) is 13.9. The number of guanidine groups is 1. The first-order chi connectivity index (χ1) is 10.4. The lowest BCUT2D eigenvalue weighted by Gasteiger charge is -2.39. The molecule has 0 amide bonds. The molecule has 1 atom stereocenters. The van der Waals surface area contributed by atoms with Gasteiger partial charge in [0.1, 0.15) is 6.04 Å². The van der Waals surface area contributed by atoms with Crippen molar-refractivity contribution in [2.75, 3.05) is 39.8 Å². The zero-order chi connectivity index (χ0) is 16.6. The van der Waals surface area contributed by atoms with E-state index >= 15 is 0 Å². The summed E-state index contributed by atoms with van der Waals surface area (Å²) in [6.07, 6.45) is 0.568. The summed E-state index contributed by atoms with van der Waals surface area (Å²) in [7, 11) is 1.72. The van der Waals surface area contributed by atoms with Crippen molar-refractivity contribution < 1.29 is 13.2 Å². The van der Waals surface area contributed by atoms with Gasteiger partial charge in [0.05, 0.1) is 0 Å². The van der Waals surface area contributed by atoms with Crippen LogP contribution in [0.25, 0.3) is 0 Å². The van der Waals surface area contributed by atoms with Crippen LogP contribution in [0.15, 0.2) is 4.99 Å². The molecule has 7 heteroatoms. The fourth-order valence-corrected chi connectivity index (χ4v) is 2.61. The molecule has 0 spiro atoms. The van der Waals surface area contributed by atoms with Crippen LogP contribution >= 0.6 is 0 Å². The Labute approximate surface area is 131 Å². The zero-order valence-corrected chi connectivity index (χ0v) is 13.9. The van der Waals surface area contributed by atoms with Crippen LogP contribution in [0.5, 0.6) is 0 Å². The predicted octanol–water partition coefficient (Wildman–Crippen LogP) is 2.71. The Hall–Kier alpha value is -0.980. The first kappa shape index (κ1) is 19.1. The molecular formula is C15H29F3N4. The first-order valence-corrected chi connectivity index (χ1v) is 8.16. The lowest BCUT2D eigenvalue weighted by molar-refractivity contribution is -0.181. The average Bonchev–Trinajstić information content (AvgIpc) is 2.49. The number of nitrogens with zero attached hydrogens (tertiary/aromatic N) is 3. The molecular weight excluding hydrogens is 293 g/mol. The van der Waals surface area contributed by atoms with Crippen LogP contribution < -0.4 is 5.32 Å². The summed E-state index contributed by atoms with van der Waals surface area (Å²) in [5, 5.41) is 3.31. The molecule has 0 saturated carbocycles. The molecule has 1 saturated heterocycles. The van der Waals surface area contributed by atoms with Gasteiger partial charge in [0, 0.05) is 39.8 Å². The summed E-state index contributed by atoms with van der Waals surface area (Å²) < 4.78 is 38.2. The summed E-state index contributed by atoms with van der Waals surface area (Å²) in [6.45, 7) is 6.26. The van der Waals surface area contributed by atoms with Crippen LogP contribution in [0.3, 0.4) is 0 Å². The fraction of sp³-hybridized carbons (Fsp3) is 0.933. The van der Waals surface area contributed by atoms with Gasteiger partial charge in [-0.25, -0.2) is 0 Å². The molecule has 0 aliphatic carbocycles. The van der Waals surface area contributed by atoms with E-state index in [1.807, 2.05) is 4.90 Å². The van der Waals surface area contributed by atoms with Gasteiger partial charge in [0.2, 0.25) is 0 Å². The summed E-state index contributed by atoms with van der Waals surface area (Å²) in [5.74, 6) is 0.802. The second-order valence-corrected chi connectivity index (χ2v) is 5.78. The minimum absolute atomic E-state index is 0.414. The van der Waals surface area contributed by atoms with E-state index in [0.717, 1.165) is 18.9 Å². The lowest BCUT2D eigenvalue weighted by Crippen LogP contribution is -2.56. The Morgan fingerprint density at radius 3 is 2.27 bits per heavy atom. The molecule has 1 heterocycles. The number of nitrogens with one attached hydrogen (secondary N) is 1. The highest BCUT2D eigenvalue weighted by atomic mass is 19.4. The van der Waals surface area contributed by atoms with E-state index in [1.54, 1.807) is 7.05 Å². The van der Waals surface area contributed by atoms with Gasteiger partial charge in [-0.05, 0) is 13.3 Å². The van der Waals surface area contributed by atoms with Crippen LogP contribution in [-0.4, -0.2) is 67.7 Å². The summed E-state index contributed by atoms with van der Waals surface area (Å²) in [6, 6.07) is -1.38. The molecule has 130 valence electrons. The van der Waals surface area contributed by atoms with E-state index in [9.17, 15) is 13.2 Å². The molecule has 4 nitrogen and oxygen atoms in total. The van der Waals surface area contributed by atoms with Crippen molar-refractivity contribution in [3.8, 4) is 0 Å². The Balaban J connectivity index is 2.35. The van der Waals surface area contributed by atoms with Gasteiger partial charge in [-0.3, -0.25) is 9.89 Å². The Morgan fingerprint density at radius 2 is 1.77 bits per heavy atom. The van der Waals surface area contributed by atoms with Crippen molar-refractivity contribution in [1.82, 2.24) is 15.1 Å². The highest BCUT2D eigenvalue weighted by Crippen LogP contribution is 2.25. The quantitative estimate of drug-likeness (QED) is 0.463. The number of alkyl halides is 3. The van der Waals surface area contributed by atoms with Crippen LogP contribution in [0, 0.1) is 0 Å². The molecule has 1 aliphatic heterocycles. The lowest BCUT2D eigenvalue weighted by atomic mass is 10.2. The van der Waals surface area contributed by atoms with Gasteiger partial charge in [-0.2, -0.15) is 13.2 Å². The third kappa shape index (κ3) is 6.02. The predicted molar refractivity (Wildman–Crippen MR) is 84.2 cm³/mol. The van der Waals surface area contributed by atoms with Gasteiger partial charge >= 0.3 is 6.18 Å². The smallest absolute Gasteiger partial charge is 0.356 e. The summed E-state index contributed by atoms with van der Waals surface area (Å²) in [5.41, 5.74) is 0. The fourth-order valence-electron chi connectivity index (χ4n) is 2.61. The number of rotatable bonds is 6. The third-order valence-corrected chi connectivity index (χ3v) is 4.16. The summed E-state index contributed by atoms with van der Waals surface area (Å²) >= 11 is 0. The van der Waals surface area contributed by atoms with Gasteiger partial charge < -0.3 is 10.2 Å². The molecule has 22 heavy (non-hydrogen) atoms. The molecule has 0 aromatic carbocycles. The van der Waals surface area contributed by atoms with Crippen molar-refractivity contribution in [1.29, 1.82) is 0 Å². The van der Waals surface area contributed by atoms with Crippen LogP contribution in [0.1, 0.15) is 39.5 Å². The molecule has 0 aromatic heterocycles. The second kappa shape index (κ2) is 9.22. The maximum atomic E-state index is 12.7. The number of hydrogen-bond acceptors (Lipinski definition) is 2. The normalized spacial score (nSPS) is 19.4. The largest absolute Gasteiger partial charge is 0.403 e. The van der Waals surface area contributed by atoms with Crippen LogP contribution in [0.4, 0.5) is 13.2 Å². The Kier molecular flexibility index (Phi) is 8.00. The number of aliphatic imine (C=N–C) groups is 1. The summed E-state index contributed by atoms with van der Waals surface area (Å²) in [4.78, 5) is 7.77. The standard InChI is InChI=1S/C15H29F3N4/c1-4-5-6-7-8-20-14(19-3)22-11-9-21(10-12-22)13(2)15(16,17)18/h13H,4-12H2,1-3H3,(H,19,20). The van der Waals surface area contributed by atoms with E-state index in [2.05, 4.69) is 17.2 Å².